The van der Waals surface area contributed by atoms with Crippen LogP contribution in [0.4, 0.5) is 0 Å². The molecule has 25 heavy (non-hydrogen) atoms. The normalized spacial score (nSPS) is 11.2. The molecule has 4 nitrogen and oxygen atoms in total. The molecule has 0 aliphatic heterocycles. The van der Waals surface area contributed by atoms with Gasteiger partial charge in [-0.05, 0) is 43.2 Å². The molecule has 0 N–H and O–H groups in total. The predicted molar refractivity (Wildman–Crippen MR) is 104 cm³/mol. The van der Waals surface area contributed by atoms with Gasteiger partial charge in [-0.1, -0.05) is 36.0 Å². The van der Waals surface area contributed by atoms with Crippen molar-refractivity contribution in [2.75, 3.05) is 26.1 Å². The number of hydrogen-bond donors (Lipinski definition) is 0. The number of rotatable bonds is 8. The SMILES string of the molecule is COCCn1c(SCCOc2cccc(C)c2C)nc2ccccc21. The van der Waals surface area contributed by atoms with Gasteiger partial charge in [0, 0.05) is 19.4 Å². The number of aryl methyl sites for hydroxylation is 1. The zero-order chi connectivity index (χ0) is 17.6. The molecule has 0 aliphatic rings. The molecule has 0 fully saturated rings. The number of benzene rings is 2. The average molecular weight is 356 g/mol. The third-order valence-electron chi connectivity index (χ3n) is 4.27. The molecule has 0 amide bonds. The molecule has 0 unspecified atom stereocenters. The van der Waals surface area contributed by atoms with Crippen molar-refractivity contribution in [3.05, 3.63) is 53.6 Å². The summed E-state index contributed by atoms with van der Waals surface area (Å²) in [6.45, 7) is 6.34. The standard InChI is InChI=1S/C20H24N2O2S/c1-15-7-6-10-19(16(15)2)24-13-14-25-20-21-17-8-4-5-9-18(17)22(20)11-12-23-3/h4-10H,11-14H2,1-3H3. The van der Waals surface area contributed by atoms with Crippen LogP contribution in [0.25, 0.3) is 11.0 Å². The summed E-state index contributed by atoms with van der Waals surface area (Å²) in [5.41, 5.74) is 4.64. The molecule has 5 heteroatoms. The highest BCUT2D eigenvalue weighted by Gasteiger charge is 2.11. The van der Waals surface area contributed by atoms with E-state index < -0.39 is 0 Å². The first-order valence-electron chi connectivity index (χ1n) is 8.46. The van der Waals surface area contributed by atoms with Gasteiger partial charge in [-0.2, -0.15) is 0 Å². The topological polar surface area (TPSA) is 36.3 Å². The lowest BCUT2D eigenvalue weighted by atomic mass is 10.1. The van der Waals surface area contributed by atoms with Crippen LogP contribution in [0.2, 0.25) is 0 Å². The van der Waals surface area contributed by atoms with E-state index in [9.17, 15) is 0 Å². The van der Waals surface area contributed by atoms with Crippen LogP contribution < -0.4 is 4.74 Å². The molecule has 0 radical (unpaired) electrons. The second kappa shape index (κ2) is 8.41. The van der Waals surface area contributed by atoms with Crippen LogP contribution >= 0.6 is 11.8 Å². The van der Waals surface area contributed by atoms with Crippen molar-refractivity contribution in [1.82, 2.24) is 9.55 Å². The van der Waals surface area contributed by atoms with Gasteiger partial charge in [-0.25, -0.2) is 4.98 Å². The number of ether oxygens (including phenoxy) is 2. The molecule has 1 aromatic heterocycles. The van der Waals surface area contributed by atoms with Gasteiger partial charge in [-0.3, -0.25) is 0 Å². The summed E-state index contributed by atoms with van der Waals surface area (Å²) in [7, 11) is 1.73. The molecule has 0 atom stereocenters. The van der Waals surface area contributed by atoms with Crippen molar-refractivity contribution in [1.29, 1.82) is 0 Å². The highest BCUT2D eigenvalue weighted by molar-refractivity contribution is 7.99. The smallest absolute Gasteiger partial charge is 0.169 e. The summed E-state index contributed by atoms with van der Waals surface area (Å²) in [4.78, 5) is 4.76. The van der Waals surface area contributed by atoms with E-state index in [1.807, 2.05) is 24.3 Å². The third kappa shape index (κ3) is 4.17. The van der Waals surface area contributed by atoms with Crippen LogP contribution in [0.1, 0.15) is 11.1 Å². The van der Waals surface area contributed by atoms with Gasteiger partial charge in [0.05, 0.1) is 24.2 Å². The number of hydrogen-bond acceptors (Lipinski definition) is 4. The van der Waals surface area contributed by atoms with Crippen molar-refractivity contribution >= 4 is 22.8 Å². The van der Waals surface area contributed by atoms with Crippen LogP contribution in [0.3, 0.4) is 0 Å². The van der Waals surface area contributed by atoms with E-state index in [4.69, 9.17) is 14.5 Å². The minimum absolute atomic E-state index is 0.655. The Balaban J connectivity index is 1.65. The monoisotopic (exact) mass is 356 g/mol. The number of nitrogens with zero attached hydrogens (tertiary/aromatic N) is 2. The number of para-hydroxylation sites is 2. The Morgan fingerprint density at radius 1 is 1.04 bits per heavy atom. The lowest BCUT2D eigenvalue weighted by molar-refractivity contribution is 0.186. The largest absolute Gasteiger partial charge is 0.492 e. The third-order valence-corrected chi connectivity index (χ3v) is 5.21. The van der Waals surface area contributed by atoms with Gasteiger partial charge < -0.3 is 14.0 Å². The summed E-state index contributed by atoms with van der Waals surface area (Å²) in [5.74, 6) is 1.82. The summed E-state index contributed by atoms with van der Waals surface area (Å²) >= 11 is 1.72. The Kier molecular flexibility index (Phi) is 6.00. The zero-order valence-corrected chi connectivity index (χ0v) is 15.8. The van der Waals surface area contributed by atoms with E-state index >= 15 is 0 Å². The molecule has 3 aromatic rings. The van der Waals surface area contributed by atoms with Crippen molar-refractivity contribution < 1.29 is 9.47 Å². The van der Waals surface area contributed by atoms with Crippen molar-refractivity contribution in [2.24, 2.45) is 0 Å². The second-order valence-electron chi connectivity index (χ2n) is 5.92. The number of aromatic nitrogens is 2. The van der Waals surface area contributed by atoms with Gasteiger partial charge >= 0.3 is 0 Å². The van der Waals surface area contributed by atoms with E-state index in [0.29, 0.717) is 13.2 Å². The molecule has 3 rings (SSSR count). The number of imidazole rings is 1. The lowest BCUT2D eigenvalue weighted by Gasteiger charge is -2.11. The maximum Gasteiger partial charge on any atom is 0.169 e. The van der Waals surface area contributed by atoms with E-state index in [0.717, 1.165) is 34.2 Å². The van der Waals surface area contributed by atoms with Gasteiger partial charge in [0.25, 0.3) is 0 Å². The summed E-state index contributed by atoms with van der Waals surface area (Å²) < 4.78 is 13.4. The van der Waals surface area contributed by atoms with Crippen LogP contribution in [0.15, 0.2) is 47.6 Å². The van der Waals surface area contributed by atoms with Crippen LogP contribution in [-0.4, -0.2) is 35.6 Å². The molecule has 0 bridgehead atoms. The first-order chi connectivity index (χ1) is 12.2. The minimum Gasteiger partial charge on any atom is -0.492 e. The number of thioether (sulfide) groups is 1. The molecule has 0 spiro atoms. The number of fused-ring (bicyclic) bond motifs is 1. The first-order valence-corrected chi connectivity index (χ1v) is 9.45. The van der Waals surface area contributed by atoms with Crippen molar-refractivity contribution in [2.45, 2.75) is 25.5 Å². The fraction of sp³-hybridized carbons (Fsp3) is 0.350. The minimum atomic E-state index is 0.655. The summed E-state index contributed by atoms with van der Waals surface area (Å²) in [6, 6.07) is 14.4. The first kappa shape index (κ1) is 17.8. The number of methoxy groups -OCH3 is 1. The van der Waals surface area contributed by atoms with E-state index in [1.54, 1.807) is 18.9 Å². The summed E-state index contributed by atoms with van der Waals surface area (Å²) in [5, 5.41) is 1.02. The van der Waals surface area contributed by atoms with Crippen LogP contribution in [0, 0.1) is 13.8 Å². The Morgan fingerprint density at radius 3 is 2.72 bits per heavy atom. The highest BCUT2D eigenvalue weighted by Crippen LogP contribution is 2.25. The van der Waals surface area contributed by atoms with Crippen LogP contribution in [0.5, 0.6) is 5.75 Å². The Labute approximate surface area is 153 Å². The second-order valence-corrected chi connectivity index (χ2v) is 6.98. The molecule has 132 valence electrons. The average Bonchev–Trinajstić information content (AvgIpc) is 2.97. The molecule has 0 saturated carbocycles. The Morgan fingerprint density at radius 2 is 1.88 bits per heavy atom. The Hall–Kier alpha value is -1.98. The van der Waals surface area contributed by atoms with E-state index in [-0.39, 0.29) is 0 Å². The Bertz CT molecular complexity index is 845. The van der Waals surface area contributed by atoms with Gasteiger partial charge in [0.1, 0.15) is 5.75 Å². The van der Waals surface area contributed by atoms with E-state index in [1.165, 1.54) is 11.1 Å². The van der Waals surface area contributed by atoms with Gasteiger partial charge in [-0.15, -0.1) is 0 Å². The van der Waals surface area contributed by atoms with Gasteiger partial charge in [0.2, 0.25) is 0 Å². The van der Waals surface area contributed by atoms with E-state index in [2.05, 4.69) is 36.6 Å². The molecular formula is C20H24N2O2S. The van der Waals surface area contributed by atoms with Crippen LogP contribution in [-0.2, 0) is 11.3 Å². The molecule has 0 saturated heterocycles. The molecule has 1 heterocycles. The maximum absolute atomic E-state index is 5.95. The molecule has 2 aromatic carbocycles. The van der Waals surface area contributed by atoms with Crippen molar-refractivity contribution in [3.63, 3.8) is 0 Å². The predicted octanol–water partition coefficient (Wildman–Crippen LogP) is 4.47. The zero-order valence-electron chi connectivity index (χ0n) is 15.0. The fourth-order valence-corrected chi connectivity index (χ4v) is 3.58. The lowest BCUT2D eigenvalue weighted by Crippen LogP contribution is -2.07. The summed E-state index contributed by atoms with van der Waals surface area (Å²) in [6.07, 6.45) is 0. The fourth-order valence-electron chi connectivity index (χ4n) is 2.73. The molecular weight excluding hydrogens is 332 g/mol. The quantitative estimate of drug-likeness (QED) is 0.441. The van der Waals surface area contributed by atoms with Gasteiger partial charge in [0.15, 0.2) is 5.16 Å². The molecule has 0 aliphatic carbocycles. The maximum atomic E-state index is 5.95. The van der Waals surface area contributed by atoms with Crippen molar-refractivity contribution in [3.8, 4) is 5.75 Å². The highest BCUT2D eigenvalue weighted by atomic mass is 32.2.